The molecule has 0 spiro atoms. The summed E-state index contributed by atoms with van der Waals surface area (Å²) < 4.78 is 49.6. The van der Waals surface area contributed by atoms with Crippen molar-refractivity contribution in [2.24, 2.45) is 5.92 Å². The molecule has 16 heteroatoms. The minimum atomic E-state index is -5.05. The van der Waals surface area contributed by atoms with E-state index in [4.69, 9.17) is 15.2 Å². The van der Waals surface area contributed by atoms with Crippen LogP contribution in [0.2, 0.25) is 0 Å². The maximum absolute atomic E-state index is 12.5. The topological polar surface area (TPSA) is 192 Å². The number of nitro groups is 1. The van der Waals surface area contributed by atoms with Gasteiger partial charge in [-0.3, -0.25) is 19.5 Å². The first-order chi connectivity index (χ1) is 19.7. The van der Waals surface area contributed by atoms with Crippen LogP contribution in [0, 0.1) is 27.9 Å². The maximum Gasteiger partial charge on any atom is 0.471 e. The molecule has 1 amide bonds. The van der Waals surface area contributed by atoms with Gasteiger partial charge in [-0.05, 0) is 24.5 Å². The van der Waals surface area contributed by atoms with Gasteiger partial charge < -0.3 is 30.7 Å². The number of nitro benzene ring substituents is 1. The number of hydrogen-bond acceptors (Lipinski definition) is 10. The molecule has 5 N–H and O–H groups in total. The Morgan fingerprint density at radius 2 is 2.12 bits per heavy atom. The summed E-state index contributed by atoms with van der Waals surface area (Å²) >= 11 is 0. The number of benzene rings is 1. The molecule has 1 aromatic carbocycles. The van der Waals surface area contributed by atoms with Crippen molar-refractivity contribution in [2.45, 2.75) is 64.0 Å². The molecule has 0 aliphatic carbocycles. The number of aromatic nitrogens is 2. The Labute approximate surface area is 237 Å². The van der Waals surface area contributed by atoms with Gasteiger partial charge in [0.1, 0.15) is 18.1 Å². The summed E-state index contributed by atoms with van der Waals surface area (Å²) in [4.78, 5) is 38.4. The molecule has 42 heavy (non-hydrogen) atoms. The Kier molecular flexibility index (Phi) is 10.6. The second-order valence-corrected chi connectivity index (χ2v) is 9.90. The van der Waals surface area contributed by atoms with Crippen LogP contribution in [0.25, 0.3) is 0 Å². The highest BCUT2D eigenvalue weighted by Gasteiger charge is 2.38. The van der Waals surface area contributed by atoms with Gasteiger partial charge in [0.15, 0.2) is 0 Å². The van der Waals surface area contributed by atoms with E-state index in [1.807, 2.05) is 13.8 Å². The predicted molar refractivity (Wildman–Crippen MR) is 141 cm³/mol. The van der Waals surface area contributed by atoms with E-state index >= 15 is 0 Å². The number of nitrogens with zero attached hydrogens (tertiary/aromatic N) is 3. The van der Waals surface area contributed by atoms with Crippen LogP contribution in [0.3, 0.4) is 0 Å². The minimum Gasteiger partial charge on any atom is -0.394 e. The van der Waals surface area contributed by atoms with Crippen molar-refractivity contribution < 1.29 is 42.6 Å². The van der Waals surface area contributed by atoms with Gasteiger partial charge >= 0.3 is 17.8 Å². The molecule has 1 fully saturated rings. The highest BCUT2D eigenvalue weighted by molar-refractivity contribution is 5.81. The van der Waals surface area contributed by atoms with E-state index in [0.717, 1.165) is 10.6 Å². The van der Waals surface area contributed by atoms with E-state index < -0.39 is 60.4 Å². The van der Waals surface area contributed by atoms with E-state index in [0.29, 0.717) is 6.42 Å². The number of hydrogen-bond donors (Lipinski definition) is 4. The second kappa shape index (κ2) is 13.7. The zero-order valence-corrected chi connectivity index (χ0v) is 22.6. The lowest BCUT2D eigenvalue weighted by atomic mass is 9.96. The number of aliphatic hydroxyl groups is 2. The number of nitrogens with one attached hydrogen (secondary N) is 1. The molecule has 1 aromatic heterocycles. The monoisotopic (exact) mass is 597 g/mol. The van der Waals surface area contributed by atoms with Crippen LogP contribution in [-0.2, 0) is 20.9 Å². The Hall–Kier alpha value is -4.04. The van der Waals surface area contributed by atoms with Gasteiger partial charge in [-0.1, -0.05) is 25.7 Å². The highest BCUT2D eigenvalue weighted by Crippen LogP contribution is 2.34. The predicted octanol–water partition coefficient (Wildman–Crippen LogP) is 1.71. The number of amides is 1. The lowest BCUT2D eigenvalue weighted by Gasteiger charge is -2.21. The summed E-state index contributed by atoms with van der Waals surface area (Å²) in [6.07, 6.45) is -6.91. The molecule has 0 unspecified atom stereocenters. The van der Waals surface area contributed by atoms with E-state index in [2.05, 4.69) is 16.8 Å². The number of aliphatic hydroxyl groups excluding tert-OH is 2. The van der Waals surface area contributed by atoms with E-state index in [9.17, 15) is 43.1 Å². The molecule has 1 aliphatic rings. The summed E-state index contributed by atoms with van der Waals surface area (Å²) in [5.41, 5.74) is 5.48. The van der Waals surface area contributed by atoms with Crippen molar-refractivity contribution in [3.05, 3.63) is 61.7 Å². The molecule has 0 radical (unpaired) electrons. The highest BCUT2D eigenvalue weighted by atomic mass is 19.4. The fourth-order valence-electron chi connectivity index (χ4n) is 4.22. The van der Waals surface area contributed by atoms with Gasteiger partial charge in [-0.15, -0.1) is 0 Å². The van der Waals surface area contributed by atoms with Gasteiger partial charge in [-0.2, -0.15) is 18.2 Å². The van der Waals surface area contributed by atoms with Crippen LogP contribution in [0.5, 0.6) is 0 Å². The van der Waals surface area contributed by atoms with Crippen LogP contribution in [-0.4, -0.2) is 62.1 Å². The molecular weight excluding hydrogens is 567 g/mol. The molecule has 1 aliphatic heterocycles. The fourth-order valence-corrected chi connectivity index (χ4v) is 4.22. The Bertz CT molecular complexity index is 1420. The average Bonchev–Trinajstić information content (AvgIpc) is 3.29. The van der Waals surface area contributed by atoms with Crippen molar-refractivity contribution in [1.29, 1.82) is 0 Å². The number of alkyl halides is 3. The first-order valence-electron chi connectivity index (χ1n) is 12.8. The minimum absolute atomic E-state index is 0.0273. The number of carbonyl (C=O) groups excluding carboxylic acids is 1. The Morgan fingerprint density at radius 3 is 2.71 bits per heavy atom. The molecule has 4 atom stereocenters. The molecule has 0 saturated carbocycles. The fraction of sp³-hybridized carbons (Fsp3) is 0.500. The molecule has 2 aromatic rings. The molecule has 13 nitrogen and oxygen atoms in total. The molecular formula is C26H30F3N5O8. The normalized spacial score (nSPS) is 19.3. The number of carbonyl (C=O) groups is 1. The largest absolute Gasteiger partial charge is 0.471 e. The lowest BCUT2D eigenvalue weighted by molar-refractivity contribution is -0.386. The standard InChI is InChI=1S/C26H30F3N5O8/c1-14(2)8-20(17-6-5-15(9-18(17)34(39)40)4-3-7-31-24(37)26(27,28)29)41-13-16-11-33(25(38)32-23(16)30)22-10-19(36)21(12-35)42-22/h5-6,9,11,14,19-22,35-36H,7-8,10,12-13H2,1-2H3,(H,31,37)(H2,30,32,38)/t19-,20-,21-,22-/m1/s1. The van der Waals surface area contributed by atoms with Crippen LogP contribution >= 0.6 is 0 Å². The van der Waals surface area contributed by atoms with Gasteiger partial charge in [0.25, 0.3) is 5.69 Å². The van der Waals surface area contributed by atoms with E-state index in [-0.39, 0.29) is 47.1 Å². The zero-order chi connectivity index (χ0) is 31.2. The Morgan fingerprint density at radius 1 is 1.40 bits per heavy atom. The third kappa shape index (κ3) is 8.26. The van der Waals surface area contributed by atoms with Crippen molar-refractivity contribution in [2.75, 3.05) is 18.9 Å². The van der Waals surface area contributed by atoms with Crippen LogP contribution < -0.4 is 16.7 Å². The summed E-state index contributed by atoms with van der Waals surface area (Å²) in [6, 6.07) is 4.02. The number of nitrogen functional groups attached to an aromatic ring is 1. The van der Waals surface area contributed by atoms with Gasteiger partial charge in [0, 0.05) is 29.8 Å². The van der Waals surface area contributed by atoms with Gasteiger partial charge in [0.2, 0.25) is 0 Å². The molecule has 0 bridgehead atoms. The molecule has 3 rings (SSSR count). The van der Waals surface area contributed by atoms with Gasteiger partial charge in [-0.25, -0.2) is 4.79 Å². The van der Waals surface area contributed by atoms with E-state index in [1.165, 1.54) is 18.3 Å². The van der Waals surface area contributed by atoms with Crippen molar-refractivity contribution >= 4 is 17.4 Å². The number of anilines is 1. The van der Waals surface area contributed by atoms with Crippen molar-refractivity contribution in [1.82, 2.24) is 14.9 Å². The van der Waals surface area contributed by atoms with Crippen LogP contribution in [0.4, 0.5) is 24.7 Å². The second-order valence-electron chi connectivity index (χ2n) is 9.90. The van der Waals surface area contributed by atoms with Crippen LogP contribution in [0.15, 0.2) is 29.2 Å². The lowest BCUT2D eigenvalue weighted by Crippen LogP contribution is -2.36. The smallest absolute Gasteiger partial charge is 0.394 e. The van der Waals surface area contributed by atoms with Crippen molar-refractivity contribution in [3.63, 3.8) is 0 Å². The summed E-state index contributed by atoms with van der Waals surface area (Å²) in [5, 5.41) is 32.9. The maximum atomic E-state index is 12.5. The number of halogens is 3. The third-order valence-electron chi connectivity index (χ3n) is 6.28. The first kappa shape index (κ1) is 32.5. The summed E-state index contributed by atoms with van der Waals surface area (Å²) in [5.74, 6) is 2.56. The van der Waals surface area contributed by atoms with Crippen molar-refractivity contribution in [3.8, 4) is 11.8 Å². The molecule has 2 heterocycles. The molecule has 1 saturated heterocycles. The van der Waals surface area contributed by atoms with Gasteiger partial charge in [0.05, 0.1) is 42.5 Å². The Balaban J connectivity index is 1.83. The summed E-state index contributed by atoms with van der Waals surface area (Å²) in [6.45, 7) is 2.50. The zero-order valence-electron chi connectivity index (χ0n) is 22.6. The first-order valence-corrected chi connectivity index (χ1v) is 12.8. The number of ether oxygens (including phenoxy) is 2. The number of nitrogens with two attached hydrogens (primary N) is 1. The average molecular weight is 598 g/mol. The van der Waals surface area contributed by atoms with E-state index in [1.54, 1.807) is 5.32 Å². The summed E-state index contributed by atoms with van der Waals surface area (Å²) in [7, 11) is 0. The quantitative estimate of drug-likeness (QED) is 0.178. The SMILES string of the molecule is CC(C)C[C@@H](OCc1cn([C@H]2C[C@@H](O)[C@@H](CO)O2)c(=O)nc1N)c1ccc(C#CCNC(=O)C(F)(F)F)cc1[N+](=O)[O-]. The number of rotatable bonds is 10. The van der Waals surface area contributed by atoms with Crippen LogP contribution in [0.1, 0.15) is 55.7 Å². The third-order valence-corrected chi connectivity index (χ3v) is 6.28. The molecule has 228 valence electrons.